The molecule has 0 heterocycles. The molecule has 1 aromatic rings. The Hall–Kier alpha value is -1.58. The van der Waals surface area contributed by atoms with Crippen LogP contribution in [0.15, 0.2) is 30.3 Å². The molecule has 0 bridgehead atoms. The van der Waals surface area contributed by atoms with E-state index in [2.05, 4.69) is 6.07 Å². The standard InChI is InChI=1S/C10H10N2S2.C4H8O2/c1-12(10(13)14-8-7-11)9-5-3-2-4-6-9;1-3(2)4(5)6/h2-6H,8H2,1H3;3H,1-2H3,(H,5,6). The average molecular weight is 310 g/mol. The van der Waals surface area contributed by atoms with Crippen molar-refractivity contribution in [3.05, 3.63) is 30.3 Å². The molecule has 0 fully saturated rings. The number of hydrogen-bond acceptors (Lipinski definition) is 4. The van der Waals surface area contributed by atoms with E-state index in [1.807, 2.05) is 42.3 Å². The second-order valence-electron chi connectivity index (χ2n) is 4.10. The van der Waals surface area contributed by atoms with Gasteiger partial charge >= 0.3 is 5.97 Å². The largest absolute Gasteiger partial charge is 0.481 e. The van der Waals surface area contributed by atoms with Gasteiger partial charge in [-0.1, -0.05) is 56.0 Å². The molecule has 1 rings (SSSR count). The maximum Gasteiger partial charge on any atom is 0.305 e. The van der Waals surface area contributed by atoms with Crippen LogP contribution in [-0.2, 0) is 4.79 Å². The number of aliphatic carboxylic acids is 1. The van der Waals surface area contributed by atoms with Crippen LogP contribution in [0.25, 0.3) is 0 Å². The van der Waals surface area contributed by atoms with Gasteiger partial charge in [-0.2, -0.15) is 5.26 Å². The van der Waals surface area contributed by atoms with E-state index in [4.69, 9.17) is 22.6 Å². The summed E-state index contributed by atoms with van der Waals surface area (Å²) >= 11 is 6.54. The van der Waals surface area contributed by atoms with Crippen LogP contribution in [0, 0.1) is 17.2 Å². The molecule has 1 N–H and O–H groups in total. The zero-order chi connectivity index (χ0) is 15.5. The van der Waals surface area contributed by atoms with E-state index in [1.165, 1.54) is 11.8 Å². The number of carboxylic acids is 1. The number of thiocarbonyl (C=S) groups is 1. The number of hydrogen-bond donors (Lipinski definition) is 1. The van der Waals surface area contributed by atoms with E-state index in [1.54, 1.807) is 13.8 Å². The van der Waals surface area contributed by atoms with Crippen molar-refractivity contribution in [1.82, 2.24) is 0 Å². The summed E-state index contributed by atoms with van der Waals surface area (Å²) in [5, 5.41) is 16.4. The Morgan fingerprint density at radius 2 is 1.95 bits per heavy atom. The van der Waals surface area contributed by atoms with Gasteiger partial charge in [-0.3, -0.25) is 4.79 Å². The Balaban J connectivity index is 0.000000511. The molecule has 0 radical (unpaired) electrons. The fraction of sp³-hybridized carbons (Fsp3) is 0.357. The molecule has 6 heteroatoms. The molecule has 0 aliphatic carbocycles. The summed E-state index contributed by atoms with van der Waals surface area (Å²) in [4.78, 5) is 11.6. The molecule has 4 nitrogen and oxygen atoms in total. The van der Waals surface area contributed by atoms with Crippen molar-refractivity contribution in [3.63, 3.8) is 0 Å². The van der Waals surface area contributed by atoms with Crippen LogP contribution in [0.5, 0.6) is 0 Å². The Kier molecular flexibility index (Phi) is 9.43. The number of carbonyl (C=O) groups is 1. The average Bonchev–Trinajstić information content (AvgIpc) is 2.45. The van der Waals surface area contributed by atoms with Crippen LogP contribution in [0.1, 0.15) is 13.8 Å². The number of benzene rings is 1. The lowest BCUT2D eigenvalue weighted by Gasteiger charge is -2.18. The van der Waals surface area contributed by atoms with Crippen LogP contribution in [0.2, 0.25) is 0 Å². The number of nitrogens with zero attached hydrogens (tertiary/aromatic N) is 2. The normalized spacial score (nSPS) is 9.15. The Morgan fingerprint density at radius 1 is 1.45 bits per heavy atom. The predicted octanol–water partition coefficient (Wildman–Crippen LogP) is 3.39. The van der Waals surface area contributed by atoms with Crippen molar-refractivity contribution in [2.45, 2.75) is 13.8 Å². The summed E-state index contributed by atoms with van der Waals surface area (Å²) in [6.07, 6.45) is 0. The summed E-state index contributed by atoms with van der Waals surface area (Å²) in [5.74, 6) is -0.573. The maximum absolute atomic E-state index is 9.70. The van der Waals surface area contributed by atoms with Crippen molar-refractivity contribution in [2.75, 3.05) is 17.7 Å². The summed E-state index contributed by atoms with van der Waals surface area (Å²) in [6, 6.07) is 11.9. The van der Waals surface area contributed by atoms with Crippen LogP contribution in [0.3, 0.4) is 0 Å². The molecule has 0 saturated heterocycles. The molecule has 0 unspecified atom stereocenters. The summed E-state index contributed by atoms with van der Waals surface area (Å²) in [6.45, 7) is 3.28. The number of anilines is 1. The van der Waals surface area contributed by atoms with Crippen molar-refractivity contribution >= 4 is 40.0 Å². The highest BCUT2D eigenvalue weighted by Crippen LogP contribution is 2.16. The monoisotopic (exact) mass is 310 g/mol. The van der Waals surface area contributed by atoms with Gasteiger partial charge < -0.3 is 10.0 Å². The van der Waals surface area contributed by atoms with Crippen LogP contribution < -0.4 is 4.90 Å². The molecular formula is C14H18N2O2S2. The second-order valence-corrected chi connectivity index (χ2v) is 5.71. The minimum absolute atomic E-state index is 0.231. The van der Waals surface area contributed by atoms with E-state index in [0.29, 0.717) is 5.75 Å². The highest BCUT2D eigenvalue weighted by molar-refractivity contribution is 8.23. The molecular weight excluding hydrogens is 292 g/mol. The minimum Gasteiger partial charge on any atom is -0.481 e. The molecule has 0 aliphatic heterocycles. The maximum atomic E-state index is 9.70. The van der Waals surface area contributed by atoms with E-state index in [9.17, 15) is 4.79 Å². The number of rotatable bonds is 3. The Morgan fingerprint density at radius 3 is 2.35 bits per heavy atom. The molecule has 0 saturated carbocycles. The molecule has 108 valence electrons. The van der Waals surface area contributed by atoms with E-state index < -0.39 is 5.97 Å². The van der Waals surface area contributed by atoms with Crippen molar-refractivity contribution in [2.24, 2.45) is 5.92 Å². The van der Waals surface area contributed by atoms with Crippen LogP contribution in [0.4, 0.5) is 5.69 Å². The number of para-hydroxylation sites is 1. The Bertz CT molecular complexity index is 470. The quantitative estimate of drug-likeness (QED) is 0.863. The third kappa shape index (κ3) is 7.77. The van der Waals surface area contributed by atoms with Gasteiger partial charge in [-0.05, 0) is 12.1 Å². The number of thioether (sulfide) groups is 1. The van der Waals surface area contributed by atoms with Crippen LogP contribution >= 0.6 is 24.0 Å². The van der Waals surface area contributed by atoms with Gasteiger partial charge in [0.2, 0.25) is 0 Å². The summed E-state index contributed by atoms with van der Waals surface area (Å²) in [7, 11) is 1.90. The molecule has 0 aromatic heterocycles. The first-order valence-corrected chi connectivity index (χ1v) is 7.34. The zero-order valence-electron chi connectivity index (χ0n) is 11.7. The molecule has 0 spiro atoms. The third-order valence-corrected chi connectivity index (χ3v) is 3.59. The number of nitriles is 1. The van der Waals surface area contributed by atoms with Gasteiger partial charge in [0.1, 0.15) is 4.32 Å². The van der Waals surface area contributed by atoms with Crippen molar-refractivity contribution < 1.29 is 9.90 Å². The highest BCUT2D eigenvalue weighted by atomic mass is 32.2. The lowest BCUT2D eigenvalue weighted by atomic mass is 10.2. The minimum atomic E-state index is -0.741. The topological polar surface area (TPSA) is 64.3 Å². The SMILES string of the molecule is CC(C)C(=O)O.CN(C(=S)SCC#N)c1ccccc1. The Labute approximate surface area is 129 Å². The van der Waals surface area contributed by atoms with Gasteiger partial charge in [-0.25, -0.2) is 0 Å². The fourth-order valence-electron chi connectivity index (χ4n) is 0.948. The van der Waals surface area contributed by atoms with E-state index >= 15 is 0 Å². The van der Waals surface area contributed by atoms with Gasteiger partial charge in [-0.15, -0.1) is 0 Å². The van der Waals surface area contributed by atoms with E-state index in [-0.39, 0.29) is 5.92 Å². The van der Waals surface area contributed by atoms with Gasteiger partial charge in [0.15, 0.2) is 0 Å². The second kappa shape index (κ2) is 10.2. The first-order valence-electron chi connectivity index (χ1n) is 5.95. The van der Waals surface area contributed by atoms with Gasteiger partial charge in [0.05, 0.1) is 17.7 Å². The smallest absolute Gasteiger partial charge is 0.305 e. The van der Waals surface area contributed by atoms with Crippen molar-refractivity contribution in [1.29, 1.82) is 5.26 Å². The number of carboxylic acid groups (broad SMARTS) is 1. The highest BCUT2D eigenvalue weighted by Gasteiger charge is 2.05. The molecule has 0 amide bonds. The molecule has 0 atom stereocenters. The van der Waals surface area contributed by atoms with Gasteiger partial charge in [0.25, 0.3) is 0 Å². The summed E-state index contributed by atoms with van der Waals surface area (Å²) in [5.41, 5.74) is 1.04. The van der Waals surface area contributed by atoms with Crippen molar-refractivity contribution in [3.8, 4) is 6.07 Å². The van der Waals surface area contributed by atoms with E-state index in [0.717, 1.165) is 10.0 Å². The fourth-order valence-corrected chi connectivity index (χ4v) is 1.72. The zero-order valence-corrected chi connectivity index (χ0v) is 13.4. The summed E-state index contributed by atoms with van der Waals surface area (Å²) < 4.78 is 0.720. The lowest BCUT2D eigenvalue weighted by Crippen LogP contribution is -2.21. The van der Waals surface area contributed by atoms with Crippen LogP contribution in [-0.4, -0.2) is 28.2 Å². The molecule has 20 heavy (non-hydrogen) atoms. The first kappa shape index (κ1) is 18.4. The lowest BCUT2D eigenvalue weighted by molar-refractivity contribution is -0.140. The predicted molar refractivity (Wildman–Crippen MR) is 88.0 cm³/mol. The molecule has 1 aromatic carbocycles. The molecule has 0 aliphatic rings. The third-order valence-electron chi connectivity index (χ3n) is 2.17. The first-order chi connectivity index (χ1) is 9.40. The van der Waals surface area contributed by atoms with Gasteiger partial charge in [0, 0.05) is 12.7 Å².